The molecule has 0 aliphatic carbocycles. The number of carbonyl (C=O) groups excluding carboxylic acids is 1. The van der Waals surface area contributed by atoms with Gasteiger partial charge in [0.15, 0.2) is 0 Å². The van der Waals surface area contributed by atoms with Gasteiger partial charge in [0.2, 0.25) is 11.8 Å². The van der Waals surface area contributed by atoms with Gasteiger partial charge in [-0.2, -0.15) is 0 Å². The topological polar surface area (TPSA) is 73.0 Å². The fourth-order valence-electron chi connectivity index (χ4n) is 3.03. The van der Waals surface area contributed by atoms with Crippen LogP contribution in [0.25, 0.3) is 11.5 Å². The van der Waals surface area contributed by atoms with Crippen molar-refractivity contribution in [3.05, 3.63) is 60.5 Å². The fourth-order valence-corrected chi connectivity index (χ4v) is 3.03. The van der Waals surface area contributed by atoms with Crippen molar-refractivity contribution in [2.45, 2.75) is 31.8 Å². The van der Waals surface area contributed by atoms with E-state index in [9.17, 15) is 4.79 Å². The molecule has 0 saturated carbocycles. The van der Waals surface area contributed by atoms with E-state index < -0.39 is 0 Å². The van der Waals surface area contributed by atoms with Gasteiger partial charge in [0.25, 0.3) is 0 Å². The molecule has 4 rings (SSSR count). The van der Waals surface area contributed by atoms with Crippen molar-refractivity contribution in [1.82, 2.24) is 19.9 Å². The molecule has 1 amide bonds. The summed E-state index contributed by atoms with van der Waals surface area (Å²) < 4.78 is 7.57. The highest BCUT2D eigenvalue weighted by Gasteiger charge is 2.21. The smallest absolute Gasteiger partial charge is 0.226 e. The summed E-state index contributed by atoms with van der Waals surface area (Å²) in [7, 11) is 0. The lowest BCUT2D eigenvalue weighted by molar-refractivity contribution is -0.121. The predicted molar refractivity (Wildman–Crippen MR) is 88.1 cm³/mol. The molecule has 1 aliphatic heterocycles. The summed E-state index contributed by atoms with van der Waals surface area (Å²) in [6.45, 7) is 0.773. The third-order valence-corrected chi connectivity index (χ3v) is 4.21. The molecule has 6 nitrogen and oxygen atoms in total. The van der Waals surface area contributed by atoms with Crippen molar-refractivity contribution < 1.29 is 9.21 Å². The summed E-state index contributed by atoms with van der Waals surface area (Å²) in [5.74, 6) is 1.60. The number of aryl methyl sites for hydroxylation is 1. The number of aromatic nitrogens is 3. The number of nitrogens with one attached hydrogen (secondary N) is 1. The van der Waals surface area contributed by atoms with Gasteiger partial charge in [-0.05, 0) is 18.6 Å². The Balaban J connectivity index is 1.36. The highest BCUT2D eigenvalue weighted by molar-refractivity contribution is 5.78. The molecule has 0 saturated heterocycles. The zero-order valence-electron chi connectivity index (χ0n) is 13.2. The number of hydrogen-bond acceptors (Lipinski definition) is 4. The van der Waals surface area contributed by atoms with Crippen LogP contribution in [0.4, 0.5) is 0 Å². The molecule has 0 radical (unpaired) electrons. The number of oxazole rings is 1. The van der Waals surface area contributed by atoms with E-state index in [2.05, 4.69) is 19.9 Å². The van der Waals surface area contributed by atoms with Crippen molar-refractivity contribution in [3.8, 4) is 11.5 Å². The number of amides is 1. The van der Waals surface area contributed by atoms with Crippen molar-refractivity contribution in [2.75, 3.05) is 0 Å². The van der Waals surface area contributed by atoms with E-state index in [0.717, 1.165) is 30.8 Å². The second-order valence-electron chi connectivity index (χ2n) is 5.99. The number of rotatable bonds is 4. The van der Waals surface area contributed by atoms with Gasteiger partial charge in [-0.1, -0.05) is 18.2 Å². The number of imidazole rings is 1. The van der Waals surface area contributed by atoms with Gasteiger partial charge in [-0.25, -0.2) is 9.97 Å². The van der Waals surface area contributed by atoms with Gasteiger partial charge >= 0.3 is 0 Å². The fraction of sp³-hybridized carbons (Fsp3) is 0.278. The molecule has 1 aliphatic rings. The van der Waals surface area contributed by atoms with Gasteiger partial charge in [0.1, 0.15) is 12.1 Å². The Kier molecular flexibility index (Phi) is 3.86. The molecule has 2 aromatic heterocycles. The zero-order chi connectivity index (χ0) is 16.4. The van der Waals surface area contributed by atoms with Crippen LogP contribution in [0.15, 0.2) is 53.4 Å². The predicted octanol–water partition coefficient (Wildman–Crippen LogP) is 2.21. The third-order valence-electron chi connectivity index (χ3n) is 4.21. The molecule has 1 N–H and O–H groups in total. The quantitative estimate of drug-likeness (QED) is 0.799. The summed E-state index contributed by atoms with van der Waals surface area (Å²) in [4.78, 5) is 21.0. The Morgan fingerprint density at radius 2 is 2.21 bits per heavy atom. The normalized spacial score (nSPS) is 16.6. The van der Waals surface area contributed by atoms with Crippen LogP contribution >= 0.6 is 0 Å². The molecule has 0 bridgehead atoms. The average molecular weight is 322 g/mol. The van der Waals surface area contributed by atoms with Gasteiger partial charge in [-0.15, -0.1) is 0 Å². The molecule has 0 spiro atoms. The van der Waals surface area contributed by atoms with Crippen molar-refractivity contribution in [2.24, 2.45) is 0 Å². The lowest BCUT2D eigenvalue weighted by Crippen LogP contribution is -2.41. The van der Waals surface area contributed by atoms with Crippen LogP contribution in [0, 0.1) is 0 Å². The van der Waals surface area contributed by atoms with Crippen LogP contribution in [0.2, 0.25) is 0 Å². The molecule has 24 heavy (non-hydrogen) atoms. The molecule has 1 atom stereocenters. The maximum absolute atomic E-state index is 12.3. The molecule has 1 aromatic carbocycles. The number of nitrogens with zero attached hydrogens (tertiary/aromatic N) is 3. The minimum Gasteiger partial charge on any atom is -0.444 e. The van der Waals surface area contributed by atoms with Crippen LogP contribution in [0.1, 0.15) is 17.9 Å². The lowest BCUT2D eigenvalue weighted by atomic mass is 10.1. The minimum atomic E-state index is -0.0310. The van der Waals surface area contributed by atoms with E-state index in [1.54, 1.807) is 12.5 Å². The molecular formula is C18H18N4O2. The molecule has 3 heterocycles. The molecule has 0 unspecified atom stereocenters. The largest absolute Gasteiger partial charge is 0.444 e. The van der Waals surface area contributed by atoms with Crippen LogP contribution in [0.3, 0.4) is 0 Å². The molecular weight excluding hydrogens is 304 g/mol. The van der Waals surface area contributed by atoms with E-state index >= 15 is 0 Å². The van der Waals surface area contributed by atoms with Gasteiger partial charge < -0.3 is 14.3 Å². The monoisotopic (exact) mass is 322 g/mol. The number of hydrogen-bond donors (Lipinski definition) is 1. The van der Waals surface area contributed by atoms with Crippen LogP contribution in [0.5, 0.6) is 0 Å². The SMILES string of the molecule is O=C(Cc1coc(-c2ccccc2)n1)N[C@H]1CCc2nccn2C1. The second kappa shape index (κ2) is 6.31. The van der Waals surface area contributed by atoms with E-state index in [1.807, 2.05) is 36.5 Å². The summed E-state index contributed by atoms with van der Waals surface area (Å²) >= 11 is 0. The standard InChI is InChI=1S/C18H18N4O2/c23-17(20-14-6-7-16-19-8-9-22(16)11-14)10-15-12-24-18(21-15)13-4-2-1-3-5-13/h1-5,8-9,12,14H,6-7,10-11H2,(H,20,23)/t14-/m0/s1. The summed E-state index contributed by atoms with van der Waals surface area (Å²) in [5, 5.41) is 3.08. The second-order valence-corrected chi connectivity index (χ2v) is 5.99. The van der Waals surface area contributed by atoms with E-state index in [0.29, 0.717) is 11.6 Å². The Hall–Kier alpha value is -2.89. The van der Waals surface area contributed by atoms with Crippen molar-refractivity contribution in [1.29, 1.82) is 0 Å². The summed E-state index contributed by atoms with van der Waals surface area (Å²) in [6.07, 6.45) is 7.34. The zero-order valence-corrected chi connectivity index (χ0v) is 13.2. The first-order valence-corrected chi connectivity index (χ1v) is 8.07. The van der Waals surface area contributed by atoms with Crippen LogP contribution in [-0.2, 0) is 24.2 Å². The van der Waals surface area contributed by atoms with E-state index in [-0.39, 0.29) is 18.4 Å². The first-order chi connectivity index (χ1) is 11.8. The third kappa shape index (κ3) is 3.08. The Morgan fingerprint density at radius 1 is 1.33 bits per heavy atom. The molecule has 0 fully saturated rings. The van der Waals surface area contributed by atoms with Crippen LogP contribution < -0.4 is 5.32 Å². The number of fused-ring (bicyclic) bond motifs is 1. The van der Waals surface area contributed by atoms with Crippen molar-refractivity contribution in [3.63, 3.8) is 0 Å². The number of carbonyl (C=O) groups is 1. The first kappa shape index (κ1) is 14.7. The van der Waals surface area contributed by atoms with Crippen LogP contribution in [-0.4, -0.2) is 26.5 Å². The lowest BCUT2D eigenvalue weighted by Gasteiger charge is -2.24. The average Bonchev–Trinajstić information content (AvgIpc) is 3.24. The molecule has 6 heteroatoms. The Labute approximate surface area is 139 Å². The van der Waals surface area contributed by atoms with Gasteiger partial charge in [-0.3, -0.25) is 4.79 Å². The highest BCUT2D eigenvalue weighted by atomic mass is 16.3. The maximum atomic E-state index is 12.3. The highest BCUT2D eigenvalue weighted by Crippen LogP contribution is 2.18. The van der Waals surface area contributed by atoms with E-state index in [1.165, 1.54) is 0 Å². The molecule has 122 valence electrons. The van der Waals surface area contributed by atoms with Gasteiger partial charge in [0.05, 0.1) is 12.1 Å². The Morgan fingerprint density at radius 3 is 3.08 bits per heavy atom. The first-order valence-electron chi connectivity index (χ1n) is 8.07. The van der Waals surface area contributed by atoms with Gasteiger partial charge in [0, 0.05) is 37.0 Å². The Bertz CT molecular complexity index is 838. The maximum Gasteiger partial charge on any atom is 0.226 e. The van der Waals surface area contributed by atoms with Crippen molar-refractivity contribution >= 4 is 5.91 Å². The minimum absolute atomic E-state index is 0.0310. The summed E-state index contributed by atoms with van der Waals surface area (Å²) in [5.41, 5.74) is 1.55. The number of benzene rings is 1. The van der Waals surface area contributed by atoms with E-state index in [4.69, 9.17) is 4.42 Å². The summed E-state index contributed by atoms with van der Waals surface area (Å²) in [6, 6.07) is 9.80. The molecule has 3 aromatic rings.